The highest BCUT2D eigenvalue weighted by molar-refractivity contribution is 6.33. The first-order valence-electron chi connectivity index (χ1n) is 6.49. The second-order valence-electron chi connectivity index (χ2n) is 4.72. The molecule has 0 fully saturated rings. The van der Waals surface area contributed by atoms with Gasteiger partial charge in [0.15, 0.2) is 0 Å². The highest BCUT2D eigenvalue weighted by Crippen LogP contribution is 2.26. The fourth-order valence-corrected chi connectivity index (χ4v) is 2.45. The summed E-state index contributed by atoms with van der Waals surface area (Å²) in [4.78, 5) is 0. The van der Waals surface area contributed by atoms with Gasteiger partial charge >= 0.3 is 0 Å². The van der Waals surface area contributed by atoms with Gasteiger partial charge in [-0.05, 0) is 30.7 Å². The SMILES string of the molecule is CC(NCC(O)c1cc(Cl)ccc1Cl)c1ccccc1. The quantitative estimate of drug-likeness (QED) is 0.859. The van der Waals surface area contributed by atoms with Gasteiger partial charge in [0.1, 0.15) is 0 Å². The summed E-state index contributed by atoms with van der Waals surface area (Å²) >= 11 is 12.0. The minimum atomic E-state index is -0.688. The molecule has 2 atom stereocenters. The molecule has 2 N–H and O–H groups in total. The summed E-state index contributed by atoms with van der Waals surface area (Å²) in [5.41, 5.74) is 1.82. The summed E-state index contributed by atoms with van der Waals surface area (Å²) < 4.78 is 0. The largest absolute Gasteiger partial charge is 0.387 e. The molecule has 2 aromatic carbocycles. The van der Waals surface area contributed by atoms with E-state index in [9.17, 15) is 5.11 Å². The van der Waals surface area contributed by atoms with E-state index >= 15 is 0 Å². The van der Waals surface area contributed by atoms with Gasteiger partial charge in [-0.3, -0.25) is 0 Å². The molecule has 2 unspecified atom stereocenters. The Balaban J connectivity index is 1.98. The minimum Gasteiger partial charge on any atom is -0.387 e. The molecular weight excluding hydrogens is 293 g/mol. The van der Waals surface area contributed by atoms with Crippen LogP contribution in [0.1, 0.15) is 30.2 Å². The zero-order valence-electron chi connectivity index (χ0n) is 11.2. The van der Waals surface area contributed by atoms with Gasteiger partial charge in [-0.1, -0.05) is 53.5 Å². The van der Waals surface area contributed by atoms with Crippen LogP contribution in [0, 0.1) is 0 Å². The molecule has 0 bridgehead atoms. The summed E-state index contributed by atoms with van der Waals surface area (Å²) in [6.45, 7) is 2.47. The number of benzene rings is 2. The lowest BCUT2D eigenvalue weighted by molar-refractivity contribution is 0.171. The van der Waals surface area contributed by atoms with Crippen molar-refractivity contribution < 1.29 is 5.11 Å². The second-order valence-corrected chi connectivity index (χ2v) is 5.57. The number of aliphatic hydroxyl groups excluding tert-OH is 1. The van der Waals surface area contributed by atoms with E-state index in [2.05, 4.69) is 24.4 Å². The summed E-state index contributed by atoms with van der Waals surface area (Å²) in [6.07, 6.45) is -0.688. The van der Waals surface area contributed by atoms with Crippen LogP contribution in [0.15, 0.2) is 48.5 Å². The van der Waals surface area contributed by atoms with E-state index in [0.717, 1.165) is 0 Å². The van der Waals surface area contributed by atoms with Gasteiger partial charge in [0.05, 0.1) is 6.10 Å². The molecule has 0 spiro atoms. The Morgan fingerprint density at radius 2 is 1.80 bits per heavy atom. The predicted octanol–water partition coefficient (Wildman–Crippen LogP) is 4.38. The number of nitrogens with one attached hydrogen (secondary N) is 1. The Morgan fingerprint density at radius 1 is 1.10 bits per heavy atom. The lowest BCUT2D eigenvalue weighted by Gasteiger charge is -2.18. The molecular formula is C16H17Cl2NO. The van der Waals surface area contributed by atoms with Gasteiger partial charge in [0.2, 0.25) is 0 Å². The Hall–Kier alpha value is -1.06. The number of hydrogen-bond acceptors (Lipinski definition) is 2. The average Bonchev–Trinajstić information content (AvgIpc) is 2.47. The molecule has 0 saturated carbocycles. The van der Waals surface area contributed by atoms with Crippen molar-refractivity contribution in [3.63, 3.8) is 0 Å². The number of aliphatic hydroxyl groups is 1. The van der Waals surface area contributed by atoms with Gasteiger partial charge in [-0.2, -0.15) is 0 Å². The van der Waals surface area contributed by atoms with Gasteiger partial charge in [0, 0.05) is 28.2 Å². The van der Waals surface area contributed by atoms with Crippen molar-refractivity contribution >= 4 is 23.2 Å². The lowest BCUT2D eigenvalue weighted by Crippen LogP contribution is -2.24. The molecule has 0 aromatic heterocycles. The summed E-state index contributed by atoms with van der Waals surface area (Å²) in [5.74, 6) is 0. The minimum absolute atomic E-state index is 0.156. The van der Waals surface area contributed by atoms with Gasteiger partial charge < -0.3 is 10.4 Å². The van der Waals surface area contributed by atoms with Crippen molar-refractivity contribution in [2.45, 2.75) is 19.1 Å². The zero-order chi connectivity index (χ0) is 14.5. The van der Waals surface area contributed by atoms with E-state index in [1.807, 2.05) is 18.2 Å². The molecule has 0 amide bonds. The topological polar surface area (TPSA) is 32.3 Å². The summed E-state index contributed by atoms with van der Waals surface area (Å²) in [5, 5.41) is 14.6. The Kier molecular flexibility index (Phi) is 5.44. The van der Waals surface area contributed by atoms with Crippen molar-refractivity contribution in [1.29, 1.82) is 0 Å². The van der Waals surface area contributed by atoms with Crippen LogP contribution in [0.4, 0.5) is 0 Å². The number of hydrogen-bond donors (Lipinski definition) is 2. The summed E-state index contributed by atoms with van der Waals surface area (Å²) in [6, 6.07) is 15.3. The number of halogens is 2. The van der Waals surface area contributed by atoms with Gasteiger partial charge in [0.25, 0.3) is 0 Å². The van der Waals surface area contributed by atoms with Crippen LogP contribution in [-0.2, 0) is 0 Å². The maximum atomic E-state index is 10.2. The molecule has 20 heavy (non-hydrogen) atoms. The van der Waals surface area contributed by atoms with E-state index < -0.39 is 6.10 Å². The van der Waals surface area contributed by atoms with Crippen LogP contribution >= 0.6 is 23.2 Å². The van der Waals surface area contributed by atoms with E-state index in [-0.39, 0.29) is 6.04 Å². The van der Waals surface area contributed by atoms with Crippen molar-refractivity contribution in [2.24, 2.45) is 0 Å². The van der Waals surface area contributed by atoms with Crippen molar-refractivity contribution in [3.8, 4) is 0 Å². The molecule has 4 heteroatoms. The Labute approximate surface area is 129 Å². The molecule has 2 nitrogen and oxygen atoms in total. The van der Waals surface area contributed by atoms with Crippen molar-refractivity contribution in [2.75, 3.05) is 6.54 Å². The molecule has 2 aromatic rings. The molecule has 0 heterocycles. The van der Waals surface area contributed by atoms with Crippen molar-refractivity contribution in [3.05, 3.63) is 69.7 Å². The van der Waals surface area contributed by atoms with Crippen LogP contribution in [0.5, 0.6) is 0 Å². The molecule has 0 aliphatic heterocycles. The van der Waals surface area contributed by atoms with Gasteiger partial charge in [-0.25, -0.2) is 0 Å². The Bertz CT molecular complexity index is 560. The van der Waals surface area contributed by atoms with Crippen LogP contribution < -0.4 is 5.32 Å². The second kappa shape index (κ2) is 7.09. The van der Waals surface area contributed by atoms with E-state index in [1.165, 1.54) is 5.56 Å². The third-order valence-corrected chi connectivity index (χ3v) is 3.81. The van der Waals surface area contributed by atoms with Crippen LogP contribution in [0.2, 0.25) is 10.0 Å². The van der Waals surface area contributed by atoms with E-state index in [4.69, 9.17) is 23.2 Å². The molecule has 0 radical (unpaired) electrons. The molecule has 106 valence electrons. The van der Waals surface area contributed by atoms with E-state index in [1.54, 1.807) is 18.2 Å². The first-order valence-corrected chi connectivity index (χ1v) is 7.25. The smallest absolute Gasteiger partial charge is 0.0929 e. The molecule has 2 rings (SSSR count). The maximum Gasteiger partial charge on any atom is 0.0929 e. The third kappa shape index (κ3) is 3.97. The number of rotatable bonds is 5. The highest BCUT2D eigenvalue weighted by Gasteiger charge is 2.13. The van der Waals surface area contributed by atoms with Crippen LogP contribution in [-0.4, -0.2) is 11.7 Å². The first-order chi connectivity index (χ1) is 9.58. The molecule has 0 aliphatic rings. The van der Waals surface area contributed by atoms with Gasteiger partial charge in [-0.15, -0.1) is 0 Å². The molecule has 0 aliphatic carbocycles. The summed E-state index contributed by atoms with van der Waals surface area (Å²) in [7, 11) is 0. The lowest BCUT2D eigenvalue weighted by atomic mass is 10.1. The normalized spacial score (nSPS) is 14.0. The predicted molar refractivity (Wildman–Crippen MR) is 84.3 cm³/mol. The fourth-order valence-electron chi connectivity index (χ4n) is 2.03. The van der Waals surface area contributed by atoms with Crippen LogP contribution in [0.25, 0.3) is 0 Å². The first kappa shape index (κ1) is 15.3. The fraction of sp³-hybridized carbons (Fsp3) is 0.250. The zero-order valence-corrected chi connectivity index (χ0v) is 12.7. The molecule has 0 saturated heterocycles. The standard InChI is InChI=1S/C16H17Cl2NO/c1-11(12-5-3-2-4-6-12)19-10-16(20)14-9-13(17)7-8-15(14)18/h2-9,11,16,19-20H,10H2,1H3. The van der Waals surface area contributed by atoms with E-state index in [0.29, 0.717) is 22.2 Å². The third-order valence-electron chi connectivity index (χ3n) is 3.23. The Morgan fingerprint density at radius 3 is 2.50 bits per heavy atom. The van der Waals surface area contributed by atoms with Crippen LogP contribution in [0.3, 0.4) is 0 Å². The monoisotopic (exact) mass is 309 g/mol. The highest BCUT2D eigenvalue weighted by atomic mass is 35.5. The average molecular weight is 310 g/mol. The van der Waals surface area contributed by atoms with Crippen molar-refractivity contribution in [1.82, 2.24) is 5.32 Å². The maximum absolute atomic E-state index is 10.2.